The Morgan fingerprint density at radius 3 is 2.40 bits per heavy atom. The molecule has 3 aromatic carbocycles. The van der Waals surface area contributed by atoms with Crippen LogP contribution in [-0.2, 0) is 39.5 Å². The molecule has 0 radical (unpaired) electrons. The fraction of sp³-hybridized carbons (Fsp3) is 0.324. The normalized spacial score (nSPS) is 21.0. The van der Waals surface area contributed by atoms with E-state index in [1.165, 1.54) is 6.92 Å². The van der Waals surface area contributed by atoms with E-state index >= 15 is 0 Å². The van der Waals surface area contributed by atoms with Crippen LogP contribution in [0.4, 0.5) is 11.4 Å². The molecule has 9 nitrogen and oxygen atoms in total. The number of anilines is 2. The van der Waals surface area contributed by atoms with Crippen molar-refractivity contribution in [3.63, 3.8) is 0 Å². The number of carbonyl (C=O) groups is 3. The summed E-state index contributed by atoms with van der Waals surface area (Å²) in [5, 5.41) is 33.9. The van der Waals surface area contributed by atoms with E-state index in [4.69, 9.17) is 0 Å². The van der Waals surface area contributed by atoms with Crippen LogP contribution < -0.4 is 10.2 Å². The predicted octanol–water partition coefficient (Wildman–Crippen LogP) is 3.27. The highest BCUT2D eigenvalue weighted by atomic mass is 16.3. The molecule has 9 heteroatoms. The summed E-state index contributed by atoms with van der Waals surface area (Å²) in [5.74, 6) is -1.74. The molecule has 224 valence electrons. The molecule has 2 aliphatic heterocycles. The Bertz CT molecular complexity index is 1540. The Labute approximate surface area is 251 Å². The molecule has 5 rings (SSSR count). The van der Waals surface area contributed by atoms with E-state index in [0.29, 0.717) is 29.9 Å². The van der Waals surface area contributed by atoms with Crippen LogP contribution in [0, 0.1) is 5.92 Å². The molecular weight excluding hydrogens is 546 g/mol. The van der Waals surface area contributed by atoms with E-state index in [1.54, 1.807) is 71.3 Å². The van der Waals surface area contributed by atoms with Gasteiger partial charge >= 0.3 is 0 Å². The summed E-state index contributed by atoms with van der Waals surface area (Å²) >= 11 is 0. The zero-order chi connectivity index (χ0) is 30.7. The lowest BCUT2D eigenvalue weighted by molar-refractivity contribution is -0.139. The van der Waals surface area contributed by atoms with E-state index in [9.17, 15) is 29.7 Å². The van der Waals surface area contributed by atoms with Gasteiger partial charge in [-0.05, 0) is 48.2 Å². The Hall–Kier alpha value is -4.31. The summed E-state index contributed by atoms with van der Waals surface area (Å²) in [6, 6.07) is 21.7. The van der Waals surface area contributed by atoms with Crippen molar-refractivity contribution in [1.29, 1.82) is 0 Å². The minimum Gasteiger partial charge on any atom is -0.394 e. The summed E-state index contributed by atoms with van der Waals surface area (Å²) < 4.78 is 0. The molecule has 0 bridgehead atoms. The highest BCUT2D eigenvalue weighted by Crippen LogP contribution is 2.45. The van der Waals surface area contributed by atoms with Crippen LogP contribution in [-0.4, -0.2) is 56.7 Å². The largest absolute Gasteiger partial charge is 0.394 e. The number of para-hydroxylation sites is 1. The second-order valence-electron chi connectivity index (χ2n) is 11.3. The van der Waals surface area contributed by atoms with Gasteiger partial charge in [-0.1, -0.05) is 73.7 Å². The van der Waals surface area contributed by atoms with Gasteiger partial charge in [0.1, 0.15) is 6.10 Å². The molecule has 0 saturated carbocycles. The third-order valence-electron chi connectivity index (χ3n) is 8.38. The third-order valence-corrected chi connectivity index (χ3v) is 8.38. The summed E-state index contributed by atoms with van der Waals surface area (Å²) in [6.45, 7) is 3.65. The lowest BCUT2D eigenvalue weighted by Gasteiger charge is -2.36. The van der Waals surface area contributed by atoms with Gasteiger partial charge in [-0.25, -0.2) is 0 Å². The Morgan fingerprint density at radius 1 is 1.02 bits per heavy atom. The number of nitrogens with one attached hydrogen (secondary N) is 1. The van der Waals surface area contributed by atoms with E-state index < -0.39 is 29.4 Å². The van der Waals surface area contributed by atoms with Crippen molar-refractivity contribution in [3.05, 3.63) is 107 Å². The standard InChI is InChI=1S/C34H37N3O6/c1-22(8-7-13-31(40)36-20-26-10-4-3-9-25(26)18-28(36)21-38)34(43)29-11-5-6-12-30(29)37(33(34)42)19-24-14-16-27(17-15-24)35-32(41)23(2)39/h3-12,14-17,22-23,28,38-39,43H,13,18-21H2,1-2H3,(H,35,41)/b8-7+/t22-,23-,28-,34+/m0/s1. The van der Waals surface area contributed by atoms with Gasteiger partial charge in [-0.2, -0.15) is 0 Å². The molecule has 2 heterocycles. The monoisotopic (exact) mass is 583 g/mol. The average Bonchev–Trinajstić information content (AvgIpc) is 3.23. The first kappa shape index (κ1) is 30.2. The van der Waals surface area contributed by atoms with Gasteiger partial charge in [0.15, 0.2) is 5.60 Å². The van der Waals surface area contributed by atoms with Crippen molar-refractivity contribution in [3.8, 4) is 0 Å². The minimum atomic E-state index is -1.82. The van der Waals surface area contributed by atoms with Gasteiger partial charge in [0, 0.05) is 30.1 Å². The Morgan fingerprint density at radius 2 is 1.70 bits per heavy atom. The molecule has 0 aliphatic carbocycles. The third kappa shape index (κ3) is 5.97. The van der Waals surface area contributed by atoms with E-state index in [-0.39, 0.29) is 31.5 Å². The molecular formula is C34H37N3O6. The number of aliphatic hydroxyl groups excluding tert-OH is 2. The molecule has 4 atom stereocenters. The number of nitrogens with zero attached hydrogens (tertiary/aromatic N) is 2. The lowest BCUT2D eigenvalue weighted by Crippen LogP contribution is -2.46. The molecule has 43 heavy (non-hydrogen) atoms. The maximum Gasteiger partial charge on any atom is 0.264 e. The van der Waals surface area contributed by atoms with Crippen LogP contribution in [0.15, 0.2) is 84.9 Å². The number of rotatable bonds is 9. The highest BCUT2D eigenvalue weighted by molar-refractivity contribution is 6.07. The van der Waals surface area contributed by atoms with Gasteiger partial charge in [-0.3, -0.25) is 14.4 Å². The molecule has 0 unspecified atom stereocenters. The van der Waals surface area contributed by atoms with Crippen molar-refractivity contribution < 1.29 is 29.7 Å². The summed E-state index contributed by atoms with van der Waals surface area (Å²) in [4.78, 5) is 42.0. The second-order valence-corrected chi connectivity index (χ2v) is 11.3. The summed E-state index contributed by atoms with van der Waals surface area (Å²) in [6.07, 6.45) is 2.94. The fourth-order valence-corrected chi connectivity index (χ4v) is 5.85. The summed E-state index contributed by atoms with van der Waals surface area (Å²) in [5.41, 5.74) is 2.80. The smallest absolute Gasteiger partial charge is 0.264 e. The number of hydrogen-bond acceptors (Lipinski definition) is 6. The van der Waals surface area contributed by atoms with E-state index in [2.05, 4.69) is 5.32 Å². The first-order valence-corrected chi connectivity index (χ1v) is 14.5. The van der Waals surface area contributed by atoms with Gasteiger partial charge in [0.25, 0.3) is 11.8 Å². The number of benzene rings is 3. The first-order valence-electron chi connectivity index (χ1n) is 14.5. The van der Waals surface area contributed by atoms with Gasteiger partial charge < -0.3 is 30.4 Å². The average molecular weight is 584 g/mol. The molecule has 0 saturated heterocycles. The quantitative estimate of drug-likeness (QED) is 0.286. The van der Waals surface area contributed by atoms with Crippen molar-refractivity contribution in [2.24, 2.45) is 5.92 Å². The first-order chi connectivity index (χ1) is 20.6. The van der Waals surface area contributed by atoms with E-state index in [1.807, 2.05) is 30.3 Å². The fourth-order valence-electron chi connectivity index (χ4n) is 5.85. The van der Waals surface area contributed by atoms with Gasteiger partial charge in [0.05, 0.1) is 24.9 Å². The minimum absolute atomic E-state index is 0.0799. The van der Waals surface area contributed by atoms with Gasteiger partial charge in [0.2, 0.25) is 5.91 Å². The van der Waals surface area contributed by atoms with Crippen LogP contribution in [0.3, 0.4) is 0 Å². The molecule has 2 aliphatic rings. The van der Waals surface area contributed by atoms with Crippen LogP contribution in [0.1, 0.15) is 42.5 Å². The lowest BCUT2D eigenvalue weighted by atomic mass is 9.83. The van der Waals surface area contributed by atoms with Crippen molar-refractivity contribution in [1.82, 2.24) is 4.90 Å². The van der Waals surface area contributed by atoms with Crippen molar-refractivity contribution in [2.45, 2.75) is 57.5 Å². The number of amides is 3. The SMILES string of the molecule is C[C@H](O)C(=O)Nc1ccc(CN2C(=O)[C@@](O)([C@@H](C)/C=C/CC(=O)N3Cc4ccccc4C[C@H]3CO)c3ccccc32)cc1. The molecule has 4 N–H and O–H groups in total. The molecule has 3 aromatic rings. The van der Waals surface area contributed by atoms with Crippen LogP contribution in [0.5, 0.6) is 0 Å². The Kier molecular flexibility index (Phi) is 8.77. The maximum absolute atomic E-state index is 13.8. The zero-order valence-electron chi connectivity index (χ0n) is 24.3. The topological polar surface area (TPSA) is 130 Å². The molecule has 3 amide bonds. The molecule has 0 spiro atoms. The van der Waals surface area contributed by atoms with Crippen LogP contribution in [0.25, 0.3) is 0 Å². The van der Waals surface area contributed by atoms with Crippen LogP contribution in [0.2, 0.25) is 0 Å². The van der Waals surface area contributed by atoms with E-state index in [0.717, 1.165) is 16.7 Å². The number of hydrogen-bond donors (Lipinski definition) is 4. The zero-order valence-corrected chi connectivity index (χ0v) is 24.3. The second kappa shape index (κ2) is 12.5. The summed E-state index contributed by atoms with van der Waals surface area (Å²) in [7, 11) is 0. The Balaban J connectivity index is 1.29. The van der Waals surface area contributed by atoms with Crippen LogP contribution >= 0.6 is 0 Å². The maximum atomic E-state index is 13.8. The van der Waals surface area contributed by atoms with Crippen molar-refractivity contribution in [2.75, 3.05) is 16.8 Å². The number of carbonyl (C=O) groups excluding carboxylic acids is 3. The highest BCUT2D eigenvalue weighted by Gasteiger charge is 2.52. The van der Waals surface area contributed by atoms with Gasteiger partial charge in [-0.15, -0.1) is 0 Å². The molecule has 0 aromatic heterocycles. The van der Waals surface area contributed by atoms with Crippen molar-refractivity contribution >= 4 is 29.1 Å². The predicted molar refractivity (Wildman–Crippen MR) is 163 cm³/mol. The number of aliphatic hydroxyl groups is 3. The molecule has 0 fully saturated rings. The number of fused-ring (bicyclic) bond motifs is 2.